The van der Waals surface area contributed by atoms with Gasteiger partial charge in [-0.1, -0.05) is 38.0 Å². The van der Waals surface area contributed by atoms with Crippen molar-refractivity contribution in [3.05, 3.63) is 70.6 Å². The summed E-state index contributed by atoms with van der Waals surface area (Å²) >= 11 is 0. The molecule has 0 saturated heterocycles. The molecule has 134 valence electrons. The Morgan fingerprint density at radius 1 is 1.08 bits per heavy atom. The number of para-hydroxylation sites is 1. The van der Waals surface area contributed by atoms with Gasteiger partial charge in [0.25, 0.3) is 5.91 Å². The summed E-state index contributed by atoms with van der Waals surface area (Å²) in [6, 6.07) is 15.7. The molecule has 1 N–H and O–H groups in total. The van der Waals surface area contributed by atoms with E-state index in [4.69, 9.17) is 9.15 Å². The Labute approximate surface area is 151 Å². The van der Waals surface area contributed by atoms with Gasteiger partial charge in [0.1, 0.15) is 16.9 Å². The van der Waals surface area contributed by atoms with Gasteiger partial charge < -0.3 is 14.5 Å². The third kappa shape index (κ3) is 4.30. The lowest BCUT2D eigenvalue weighted by Crippen LogP contribution is -2.20. The van der Waals surface area contributed by atoms with Crippen molar-refractivity contribution in [1.29, 1.82) is 0 Å². The summed E-state index contributed by atoms with van der Waals surface area (Å²) in [6.45, 7) is 2.82. The van der Waals surface area contributed by atoms with Gasteiger partial charge in [-0.25, -0.2) is 4.79 Å². The van der Waals surface area contributed by atoms with Crippen molar-refractivity contribution in [2.24, 2.45) is 0 Å². The standard InChI is InChI=1S/C21H21NO4/c1-2-3-6-13-25-17-11-9-16(10-12-17)22-20(23)18-14-15-7-4-5-8-19(15)26-21(18)24/h4-5,7-12,14H,2-3,6,13H2,1H3,(H,22,23). The largest absolute Gasteiger partial charge is 0.494 e. The van der Waals surface area contributed by atoms with E-state index < -0.39 is 11.5 Å². The number of benzene rings is 2. The van der Waals surface area contributed by atoms with Crippen LogP contribution in [0.2, 0.25) is 0 Å². The monoisotopic (exact) mass is 351 g/mol. The van der Waals surface area contributed by atoms with Crippen molar-refractivity contribution in [3.8, 4) is 5.75 Å². The van der Waals surface area contributed by atoms with E-state index in [9.17, 15) is 9.59 Å². The van der Waals surface area contributed by atoms with Crippen LogP contribution in [0.3, 0.4) is 0 Å². The molecule has 0 aliphatic carbocycles. The van der Waals surface area contributed by atoms with E-state index >= 15 is 0 Å². The summed E-state index contributed by atoms with van der Waals surface area (Å²) in [5, 5.41) is 3.41. The van der Waals surface area contributed by atoms with Crippen LogP contribution in [0.1, 0.15) is 36.5 Å². The third-order valence-electron chi connectivity index (χ3n) is 4.01. The van der Waals surface area contributed by atoms with Crippen LogP contribution in [-0.2, 0) is 0 Å². The molecule has 0 atom stereocenters. The summed E-state index contributed by atoms with van der Waals surface area (Å²) in [7, 11) is 0. The number of hydrogen-bond donors (Lipinski definition) is 1. The van der Waals surface area contributed by atoms with Crippen molar-refractivity contribution >= 4 is 22.6 Å². The molecule has 0 radical (unpaired) electrons. The average molecular weight is 351 g/mol. The number of unbranched alkanes of at least 4 members (excludes halogenated alkanes) is 2. The number of ether oxygens (including phenoxy) is 1. The molecule has 0 aliphatic rings. The number of carbonyl (C=O) groups is 1. The number of anilines is 1. The van der Waals surface area contributed by atoms with Gasteiger partial charge in [-0.2, -0.15) is 0 Å². The number of hydrogen-bond acceptors (Lipinski definition) is 4. The lowest BCUT2D eigenvalue weighted by molar-refractivity contribution is 0.102. The first kappa shape index (κ1) is 17.7. The average Bonchev–Trinajstić information content (AvgIpc) is 2.66. The number of nitrogens with one attached hydrogen (secondary N) is 1. The van der Waals surface area contributed by atoms with Crippen molar-refractivity contribution in [1.82, 2.24) is 0 Å². The smallest absolute Gasteiger partial charge is 0.349 e. The molecule has 3 aromatic rings. The molecule has 1 heterocycles. The second-order valence-electron chi connectivity index (χ2n) is 6.02. The second kappa shape index (κ2) is 8.34. The molecule has 5 nitrogen and oxygen atoms in total. The normalized spacial score (nSPS) is 10.7. The Balaban J connectivity index is 1.68. The van der Waals surface area contributed by atoms with E-state index in [0.29, 0.717) is 23.3 Å². The fourth-order valence-electron chi connectivity index (χ4n) is 2.60. The van der Waals surface area contributed by atoms with E-state index in [-0.39, 0.29) is 5.56 Å². The van der Waals surface area contributed by atoms with E-state index in [2.05, 4.69) is 12.2 Å². The molecule has 0 bridgehead atoms. The van der Waals surface area contributed by atoms with E-state index in [1.165, 1.54) is 0 Å². The Kier molecular flexibility index (Phi) is 5.69. The highest BCUT2D eigenvalue weighted by molar-refractivity contribution is 6.05. The first-order valence-electron chi connectivity index (χ1n) is 8.74. The minimum absolute atomic E-state index is 0.0245. The molecule has 0 saturated carbocycles. The minimum Gasteiger partial charge on any atom is -0.494 e. The molecule has 0 spiro atoms. The maximum atomic E-state index is 12.4. The SMILES string of the molecule is CCCCCOc1ccc(NC(=O)c2cc3ccccc3oc2=O)cc1. The zero-order valence-electron chi connectivity index (χ0n) is 14.7. The summed E-state index contributed by atoms with van der Waals surface area (Å²) < 4.78 is 10.8. The van der Waals surface area contributed by atoms with Crippen LogP contribution in [-0.4, -0.2) is 12.5 Å². The molecular formula is C21H21NO4. The van der Waals surface area contributed by atoms with Crippen molar-refractivity contribution in [2.45, 2.75) is 26.2 Å². The zero-order valence-corrected chi connectivity index (χ0v) is 14.7. The van der Waals surface area contributed by atoms with E-state index in [0.717, 1.165) is 25.0 Å². The first-order chi connectivity index (χ1) is 12.7. The van der Waals surface area contributed by atoms with Crippen LogP contribution < -0.4 is 15.7 Å². The molecule has 2 aromatic carbocycles. The quantitative estimate of drug-likeness (QED) is 0.498. The molecule has 5 heteroatoms. The second-order valence-corrected chi connectivity index (χ2v) is 6.02. The Bertz CT molecular complexity index is 944. The molecule has 0 fully saturated rings. The Morgan fingerprint density at radius 3 is 2.62 bits per heavy atom. The summed E-state index contributed by atoms with van der Waals surface area (Å²) in [4.78, 5) is 24.4. The molecule has 1 amide bonds. The van der Waals surface area contributed by atoms with Gasteiger partial charge >= 0.3 is 5.63 Å². The number of fused-ring (bicyclic) bond motifs is 1. The predicted octanol–water partition coefficient (Wildman–Crippen LogP) is 4.61. The highest BCUT2D eigenvalue weighted by Crippen LogP contribution is 2.18. The van der Waals surface area contributed by atoms with Crippen molar-refractivity contribution in [3.63, 3.8) is 0 Å². The van der Waals surface area contributed by atoms with E-state index in [1.54, 1.807) is 48.5 Å². The molecule has 3 rings (SSSR count). The Hall–Kier alpha value is -3.08. The number of carbonyl (C=O) groups excluding carboxylic acids is 1. The van der Waals surface area contributed by atoms with Gasteiger partial charge in [0, 0.05) is 11.1 Å². The van der Waals surface area contributed by atoms with E-state index in [1.807, 2.05) is 6.07 Å². The van der Waals surface area contributed by atoms with Gasteiger partial charge in [-0.05, 0) is 42.8 Å². The van der Waals surface area contributed by atoms with Gasteiger partial charge in [0.15, 0.2) is 0 Å². The fourth-order valence-corrected chi connectivity index (χ4v) is 2.60. The number of amides is 1. The summed E-state index contributed by atoms with van der Waals surface area (Å²) in [5.74, 6) is 0.255. The lowest BCUT2D eigenvalue weighted by Gasteiger charge is -2.08. The van der Waals surface area contributed by atoms with Gasteiger partial charge in [0.05, 0.1) is 6.61 Å². The van der Waals surface area contributed by atoms with Crippen molar-refractivity contribution in [2.75, 3.05) is 11.9 Å². The maximum absolute atomic E-state index is 12.4. The zero-order chi connectivity index (χ0) is 18.4. The summed E-state index contributed by atoms with van der Waals surface area (Å²) in [6.07, 6.45) is 3.31. The molecule has 0 unspecified atom stereocenters. The maximum Gasteiger partial charge on any atom is 0.349 e. The predicted molar refractivity (Wildman–Crippen MR) is 102 cm³/mol. The molecule has 1 aromatic heterocycles. The van der Waals surface area contributed by atoms with Gasteiger partial charge in [0.2, 0.25) is 0 Å². The third-order valence-corrected chi connectivity index (χ3v) is 4.01. The Morgan fingerprint density at radius 2 is 1.85 bits per heavy atom. The highest BCUT2D eigenvalue weighted by Gasteiger charge is 2.13. The van der Waals surface area contributed by atoms with Crippen LogP contribution in [0.25, 0.3) is 11.0 Å². The highest BCUT2D eigenvalue weighted by atomic mass is 16.5. The molecular weight excluding hydrogens is 330 g/mol. The molecule has 26 heavy (non-hydrogen) atoms. The summed E-state index contributed by atoms with van der Waals surface area (Å²) in [5.41, 5.74) is 0.364. The van der Waals surface area contributed by atoms with Gasteiger partial charge in [-0.15, -0.1) is 0 Å². The lowest BCUT2D eigenvalue weighted by atomic mass is 10.1. The van der Waals surface area contributed by atoms with Gasteiger partial charge in [-0.3, -0.25) is 4.79 Å². The topological polar surface area (TPSA) is 68.5 Å². The van der Waals surface area contributed by atoms with Crippen LogP contribution in [0, 0.1) is 0 Å². The minimum atomic E-state index is -0.655. The van der Waals surface area contributed by atoms with Crippen LogP contribution >= 0.6 is 0 Å². The molecule has 0 aliphatic heterocycles. The fraction of sp³-hybridized carbons (Fsp3) is 0.238. The van der Waals surface area contributed by atoms with Crippen LogP contribution in [0.4, 0.5) is 5.69 Å². The number of rotatable bonds is 7. The van der Waals surface area contributed by atoms with Crippen LogP contribution in [0.15, 0.2) is 63.8 Å². The van der Waals surface area contributed by atoms with Crippen LogP contribution in [0.5, 0.6) is 5.75 Å². The first-order valence-corrected chi connectivity index (χ1v) is 8.74. The van der Waals surface area contributed by atoms with Crippen molar-refractivity contribution < 1.29 is 13.9 Å².